The van der Waals surface area contributed by atoms with Crippen molar-refractivity contribution in [2.75, 3.05) is 11.1 Å². The maximum Gasteiger partial charge on any atom is 0.149 e. The minimum atomic E-state index is 0.319. The Morgan fingerprint density at radius 1 is 1.28 bits per heavy atom. The summed E-state index contributed by atoms with van der Waals surface area (Å²) in [5, 5.41) is 3.38. The van der Waals surface area contributed by atoms with Crippen LogP contribution >= 0.6 is 11.3 Å². The Morgan fingerprint density at radius 3 is 2.72 bits per heavy atom. The highest BCUT2D eigenvalue weighted by Crippen LogP contribution is 2.20. The van der Waals surface area contributed by atoms with Gasteiger partial charge in [0, 0.05) is 27.9 Å². The number of hydrogen-bond acceptors (Lipinski definition) is 4. The van der Waals surface area contributed by atoms with Gasteiger partial charge in [-0.1, -0.05) is 0 Å². The van der Waals surface area contributed by atoms with Crippen molar-refractivity contribution in [3.05, 3.63) is 39.7 Å². The largest absolute Gasteiger partial charge is 0.396 e. The lowest BCUT2D eigenvalue weighted by molar-refractivity contribution is 0.794. The van der Waals surface area contributed by atoms with Gasteiger partial charge in [0.05, 0.1) is 5.69 Å². The first-order valence-electron chi connectivity index (χ1n) is 6.09. The molecule has 2 aromatic rings. The smallest absolute Gasteiger partial charge is 0.149 e. The first-order chi connectivity index (χ1) is 8.54. The number of thiophene rings is 1. The van der Waals surface area contributed by atoms with Gasteiger partial charge in [-0.25, -0.2) is 4.98 Å². The molecule has 2 rings (SSSR count). The fraction of sp³-hybridized carbons (Fsp3) is 0.357. The first-order valence-corrected chi connectivity index (χ1v) is 6.91. The number of rotatable bonds is 4. The SMILES string of the molecule is Cc1ccc(N)c(NC(C)Cc2ccc(C)s2)n1. The van der Waals surface area contributed by atoms with Crippen molar-refractivity contribution in [3.8, 4) is 0 Å². The summed E-state index contributed by atoms with van der Waals surface area (Å²) in [6, 6.07) is 8.48. The normalized spacial score (nSPS) is 12.4. The molecule has 18 heavy (non-hydrogen) atoms. The zero-order valence-electron chi connectivity index (χ0n) is 11.0. The average Bonchev–Trinajstić information content (AvgIpc) is 2.69. The lowest BCUT2D eigenvalue weighted by Crippen LogP contribution is -2.19. The Hall–Kier alpha value is -1.55. The molecule has 96 valence electrons. The van der Waals surface area contributed by atoms with E-state index in [0.717, 1.165) is 17.9 Å². The van der Waals surface area contributed by atoms with Gasteiger partial charge >= 0.3 is 0 Å². The van der Waals surface area contributed by atoms with Crippen LogP contribution in [0.5, 0.6) is 0 Å². The number of nitrogens with one attached hydrogen (secondary N) is 1. The molecule has 0 aliphatic carbocycles. The molecule has 1 atom stereocenters. The summed E-state index contributed by atoms with van der Waals surface area (Å²) in [6.45, 7) is 6.25. The van der Waals surface area contributed by atoms with Crippen LogP contribution in [0.2, 0.25) is 0 Å². The highest BCUT2D eigenvalue weighted by atomic mass is 32.1. The Labute approximate surface area is 112 Å². The maximum absolute atomic E-state index is 5.91. The molecule has 0 saturated carbocycles. The Kier molecular flexibility index (Phi) is 3.87. The summed E-state index contributed by atoms with van der Waals surface area (Å²) in [5.74, 6) is 0.788. The van der Waals surface area contributed by atoms with E-state index >= 15 is 0 Å². The van der Waals surface area contributed by atoms with E-state index in [2.05, 4.69) is 36.3 Å². The number of nitrogens with two attached hydrogens (primary N) is 1. The number of aryl methyl sites for hydroxylation is 2. The summed E-state index contributed by atoms with van der Waals surface area (Å²) >= 11 is 1.84. The van der Waals surface area contributed by atoms with E-state index in [-0.39, 0.29) is 0 Å². The summed E-state index contributed by atoms with van der Waals surface area (Å²) < 4.78 is 0. The first kappa shape index (κ1) is 12.9. The molecule has 3 nitrogen and oxygen atoms in total. The average molecular weight is 261 g/mol. The number of hydrogen-bond donors (Lipinski definition) is 2. The van der Waals surface area contributed by atoms with Crippen molar-refractivity contribution in [2.45, 2.75) is 33.2 Å². The Balaban J connectivity index is 2.02. The number of pyridine rings is 1. The molecule has 0 aromatic carbocycles. The van der Waals surface area contributed by atoms with Gasteiger partial charge in [0.1, 0.15) is 5.82 Å². The van der Waals surface area contributed by atoms with Gasteiger partial charge in [0.15, 0.2) is 0 Å². The molecule has 4 heteroatoms. The van der Waals surface area contributed by atoms with Crippen LogP contribution in [0.15, 0.2) is 24.3 Å². The molecular weight excluding hydrogens is 242 g/mol. The molecule has 0 spiro atoms. The van der Waals surface area contributed by atoms with Crippen LogP contribution in [0.1, 0.15) is 22.4 Å². The quantitative estimate of drug-likeness (QED) is 0.887. The maximum atomic E-state index is 5.91. The molecule has 2 aromatic heterocycles. The summed E-state index contributed by atoms with van der Waals surface area (Å²) in [4.78, 5) is 7.17. The predicted octanol–water partition coefficient (Wildman–Crippen LogP) is 3.39. The molecular formula is C14H19N3S. The molecule has 3 N–H and O–H groups in total. The lowest BCUT2D eigenvalue weighted by atomic mass is 10.2. The van der Waals surface area contributed by atoms with Crippen LogP contribution in [-0.4, -0.2) is 11.0 Å². The minimum Gasteiger partial charge on any atom is -0.396 e. The highest BCUT2D eigenvalue weighted by Gasteiger charge is 2.08. The second-order valence-corrected chi connectivity index (χ2v) is 6.02. The van der Waals surface area contributed by atoms with Gasteiger partial charge in [0.2, 0.25) is 0 Å². The summed E-state index contributed by atoms with van der Waals surface area (Å²) in [6.07, 6.45) is 0.994. The Morgan fingerprint density at radius 2 is 2.06 bits per heavy atom. The number of nitrogens with zero attached hydrogens (tertiary/aromatic N) is 1. The van der Waals surface area contributed by atoms with E-state index in [1.165, 1.54) is 9.75 Å². The molecule has 0 fully saturated rings. The van der Waals surface area contributed by atoms with Crippen LogP contribution in [0.4, 0.5) is 11.5 Å². The predicted molar refractivity (Wildman–Crippen MR) is 79.2 cm³/mol. The molecule has 0 bridgehead atoms. The third-order valence-electron chi connectivity index (χ3n) is 2.75. The van der Waals surface area contributed by atoms with Crippen LogP contribution in [0.25, 0.3) is 0 Å². The van der Waals surface area contributed by atoms with Gasteiger partial charge < -0.3 is 11.1 Å². The second kappa shape index (κ2) is 5.40. The van der Waals surface area contributed by atoms with Gasteiger partial charge in [0.25, 0.3) is 0 Å². The van der Waals surface area contributed by atoms with Gasteiger partial charge in [-0.15, -0.1) is 11.3 Å². The molecule has 0 aliphatic rings. The Bertz CT molecular complexity index is 534. The van der Waals surface area contributed by atoms with E-state index in [1.54, 1.807) is 0 Å². The fourth-order valence-electron chi connectivity index (χ4n) is 1.86. The van der Waals surface area contributed by atoms with E-state index in [9.17, 15) is 0 Å². The zero-order valence-corrected chi connectivity index (χ0v) is 11.8. The monoisotopic (exact) mass is 261 g/mol. The number of anilines is 2. The van der Waals surface area contributed by atoms with Crippen LogP contribution < -0.4 is 11.1 Å². The van der Waals surface area contributed by atoms with E-state index < -0.39 is 0 Å². The third kappa shape index (κ3) is 3.23. The van der Waals surface area contributed by atoms with E-state index in [0.29, 0.717) is 11.7 Å². The number of nitrogen functional groups attached to an aromatic ring is 1. The molecule has 0 aliphatic heterocycles. The van der Waals surface area contributed by atoms with Crippen molar-refractivity contribution in [2.24, 2.45) is 0 Å². The standard InChI is InChI=1S/C14H19N3S/c1-9-4-7-13(15)14(16-9)17-10(2)8-12-6-5-11(3)18-12/h4-7,10H,8,15H2,1-3H3,(H,16,17). The third-order valence-corrected chi connectivity index (χ3v) is 3.78. The molecule has 0 radical (unpaired) electrons. The minimum absolute atomic E-state index is 0.319. The van der Waals surface area contributed by atoms with Crippen molar-refractivity contribution < 1.29 is 0 Å². The zero-order chi connectivity index (χ0) is 13.1. The topological polar surface area (TPSA) is 50.9 Å². The van der Waals surface area contributed by atoms with Crippen molar-refractivity contribution in [3.63, 3.8) is 0 Å². The summed E-state index contributed by atoms with van der Waals surface area (Å²) in [7, 11) is 0. The lowest BCUT2D eigenvalue weighted by Gasteiger charge is -2.15. The summed E-state index contributed by atoms with van der Waals surface area (Å²) in [5.41, 5.74) is 7.59. The fourth-order valence-corrected chi connectivity index (χ4v) is 2.88. The van der Waals surface area contributed by atoms with Crippen molar-refractivity contribution in [1.29, 1.82) is 0 Å². The van der Waals surface area contributed by atoms with Gasteiger partial charge in [-0.3, -0.25) is 0 Å². The van der Waals surface area contributed by atoms with Crippen LogP contribution in [-0.2, 0) is 6.42 Å². The molecule has 1 unspecified atom stereocenters. The van der Waals surface area contributed by atoms with Crippen molar-refractivity contribution in [1.82, 2.24) is 4.98 Å². The van der Waals surface area contributed by atoms with E-state index in [1.807, 2.05) is 30.4 Å². The van der Waals surface area contributed by atoms with Gasteiger partial charge in [-0.05, 0) is 45.0 Å². The molecule has 2 heterocycles. The molecule has 0 amide bonds. The van der Waals surface area contributed by atoms with Crippen LogP contribution in [0.3, 0.4) is 0 Å². The van der Waals surface area contributed by atoms with Gasteiger partial charge in [-0.2, -0.15) is 0 Å². The van der Waals surface area contributed by atoms with E-state index in [4.69, 9.17) is 5.73 Å². The van der Waals surface area contributed by atoms with Crippen molar-refractivity contribution >= 4 is 22.8 Å². The highest BCUT2D eigenvalue weighted by molar-refractivity contribution is 7.11. The number of aromatic nitrogens is 1. The second-order valence-electron chi connectivity index (χ2n) is 4.65. The van der Waals surface area contributed by atoms with Crippen LogP contribution in [0, 0.1) is 13.8 Å². The molecule has 0 saturated heterocycles.